The zero-order valence-electron chi connectivity index (χ0n) is 15.3. The Hall–Kier alpha value is -2.08. The summed E-state index contributed by atoms with van der Waals surface area (Å²) in [7, 11) is 0. The molecule has 3 rings (SSSR count). The number of ether oxygens (including phenoxy) is 1. The number of carbonyl (C=O) groups excluding carboxylic acids is 1. The highest BCUT2D eigenvalue weighted by Crippen LogP contribution is 2.17. The van der Waals surface area contributed by atoms with E-state index in [1.807, 2.05) is 53.4 Å². The van der Waals surface area contributed by atoms with Crippen molar-refractivity contribution in [3.05, 3.63) is 64.7 Å². The number of carbonyl (C=O) groups is 1. The van der Waals surface area contributed by atoms with Crippen LogP contribution in [0.25, 0.3) is 0 Å². The molecule has 1 aliphatic heterocycles. The van der Waals surface area contributed by atoms with E-state index in [1.165, 1.54) is 5.56 Å². The maximum atomic E-state index is 12.5. The molecule has 0 spiro atoms. The minimum atomic E-state index is 0.00917. The Morgan fingerprint density at radius 3 is 2.56 bits per heavy atom. The lowest BCUT2D eigenvalue weighted by atomic mass is 10.2. The van der Waals surface area contributed by atoms with Gasteiger partial charge in [0.15, 0.2) is 0 Å². The van der Waals surface area contributed by atoms with Crippen LogP contribution in [0.5, 0.6) is 5.75 Å². The van der Waals surface area contributed by atoms with Gasteiger partial charge < -0.3 is 14.7 Å². The van der Waals surface area contributed by atoms with Gasteiger partial charge in [0, 0.05) is 44.2 Å². The van der Waals surface area contributed by atoms with Crippen LogP contribution < -0.4 is 4.74 Å². The van der Waals surface area contributed by atoms with Crippen molar-refractivity contribution in [3.8, 4) is 5.75 Å². The van der Waals surface area contributed by atoms with Gasteiger partial charge in [0.05, 0.1) is 6.61 Å². The maximum Gasteiger partial charge on any atom is 0.224 e. The highest BCUT2D eigenvalue weighted by Gasteiger charge is 2.21. The lowest BCUT2D eigenvalue weighted by molar-refractivity contribution is -0.130. The first-order chi connectivity index (χ1) is 13.1. The van der Waals surface area contributed by atoms with E-state index in [0.29, 0.717) is 31.1 Å². The summed E-state index contributed by atoms with van der Waals surface area (Å²) >= 11 is 6.05. The van der Waals surface area contributed by atoms with Crippen LogP contribution in [0.3, 0.4) is 0 Å². The molecule has 0 bridgehead atoms. The van der Waals surface area contributed by atoms with E-state index < -0.39 is 0 Å². The third-order valence-electron chi connectivity index (χ3n) is 4.63. The van der Waals surface area contributed by atoms with E-state index in [-0.39, 0.29) is 12.5 Å². The largest absolute Gasteiger partial charge is 0.491 e. The van der Waals surface area contributed by atoms with Gasteiger partial charge in [-0.2, -0.15) is 0 Å². The van der Waals surface area contributed by atoms with Gasteiger partial charge in [-0.1, -0.05) is 35.9 Å². The van der Waals surface area contributed by atoms with Crippen LogP contribution in [0.1, 0.15) is 17.5 Å². The molecule has 1 amide bonds. The van der Waals surface area contributed by atoms with Crippen molar-refractivity contribution in [1.29, 1.82) is 0 Å². The fraction of sp³-hybridized carbons (Fsp3) is 0.381. The summed E-state index contributed by atoms with van der Waals surface area (Å²) in [6, 6.07) is 15.6. The molecule has 1 aliphatic rings. The number of hydrogen-bond donors (Lipinski definition) is 1. The van der Waals surface area contributed by atoms with Gasteiger partial charge >= 0.3 is 0 Å². The van der Waals surface area contributed by atoms with Crippen molar-refractivity contribution in [2.75, 3.05) is 32.8 Å². The van der Waals surface area contributed by atoms with Gasteiger partial charge in [-0.3, -0.25) is 9.69 Å². The van der Waals surface area contributed by atoms with Crippen LogP contribution >= 0.6 is 11.6 Å². The number of hydrogen-bond acceptors (Lipinski definition) is 4. The molecule has 0 unspecified atom stereocenters. The first kappa shape index (κ1) is 19.7. The second-order valence-corrected chi connectivity index (χ2v) is 7.12. The smallest absolute Gasteiger partial charge is 0.224 e. The van der Waals surface area contributed by atoms with E-state index in [9.17, 15) is 4.79 Å². The standard InChI is InChI=1S/C21H25ClN2O3/c22-19-3-1-2-18(14-19)16-24-11-10-23(9-8-21(24)26)15-17-4-6-20(7-5-17)27-13-12-25/h1-7,14,25H,8-13,15-16H2. The van der Waals surface area contributed by atoms with Crippen molar-refractivity contribution in [2.45, 2.75) is 19.5 Å². The summed E-state index contributed by atoms with van der Waals surface area (Å²) in [6.07, 6.45) is 0.526. The van der Waals surface area contributed by atoms with E-state index in [0.717, 1.165) is 30.9 Å². The third-order valence-corrected chi connectivity index (χ3v) is 4.87. The highest BCUT2D eigenvalue weighted by atomic mass is 35.5. The average molecular weight is 389 g/mol. The van der Waals surface area contributed by atoms with Crippen molar-refractivity contribution < 1.29 is 14.6 Å². The van der Waals surface area contributed by atoms with Crippen LogP contribution in [0.15, 0.2) is 48.5 Å². The number of rotatable bonds is 7. The van der Waals surface area contributed by atoms with Gasteiger partial charge in [0.1, 0.15) is 12.4 Å². The monoisotopic (exact) mass is 388 g/mol. The summed E-state index contributed by atoms with van der Waals surface area (Å²) in [5.41, 5.74) is 2.24. The number of halogens is 1. The molecule has 5 nitrogen and oxygen atoms in total. The molecule has 1 heterocycles. The van der Waals surface area contributed by atoms with Crippen LogP contribution in [-0.4, -0.2) is 53.7 Å². The molecule has 0 radical (unpaired) electrons. The zero-order valence-corrected chi connectivity index (χ0v) is 16.1. The molecule has 144 valence electrons. The lowest BCUT2D eigenvalue weighted by Crippen LogP contribution is -2.32. The quantitative estimate of drug-likeness (QED) is 0.792. The molecular formula is C21H25ClN2O3. The Morgan fingerprint density at radius 1 is 1.00 bits per heavy atom. The van der Waals surface area contributed by atoms with Gasteiger partial charge in [-0.25, -0.2) is 0 Å². The number of nitrogens with zero attached hydrogens (tertiary/aromatic N) is 2. The lowest BCUT2D eigenvalue weighted by Gasteiger charge is -2.22. The zero-order chi connectivity index (χ0) is 19.1. The molecule has 0 aromatic heterocycles. The Bertz CT molecular complexity index is 751. The Labute approximate surface area is 165 Å². The summed E-state index contributed by atoms with van der Waals surface area (Å²) in [4.78, 5) is 16.7. The van der Waals surface area contributed by atoms with Gasteiger partial charge in [-0.15, -0.1) is 0 Å². The molecule has 6 heteroatoms. The Kier molecular flexibility index (Phi) is 7.10. The fourth-order valence-corrected chi connectivity index (χ4v) is 3.42. The third kappa shape index (κ3) is 5.96. The average Bonchev–Trinajstić information content (AvgIpc) is 2.84. The molecule has 0 aliphatic carbocycles. The maximum absolute atomic E-state index is 12.5. The van der Waals surface area contributed by atoms with Crippen molar-refractivity contribution >= 4 is 17.5 Å². The van der Waals surface area contributed by atoms with Crippen LogP contribution in [-0.2, 0) is 17.9 Å². The van der Waals surface area contributed by atoms with Crippen molar-refractivity contribution in [1.82, 2.24) is 9.80 Å². The van der Waals surface area contributed by atoms with Gasteiger partial charge in [-0.05, 0) is 35.4 Å². The minimum absolute atomic E-state index is 0.00917. The SMILES string of the molecule is O=C1CCN(Cc2ccc(OCCO)cc2)CCN1Cc1cccc(Cl)c1. The van der Waals surface area contributed by atoms with E-state index in [1.54, 1.807) is 0 Å². The topological polar surface area (TPSA) is 53.0 Å². The normalized spacial score (nSPS) is 15.6. The Balaban J connectivity index is 1.54. The Morgan fingerprint density at radius 2 is 1.81 bits per heavy atom. The fourth-order valence-electron chi connectivity index (χ4n) is 3.20. The first-order valence-electron chi connectivity index (χ1n) is 9.21. The summed E-state index contributed by atoms with van der Waals surface area (Å²) in [5, 5.41) is 9.50. The van der Waals surface area contributed by atoms with E-state index >= 15 is 0 Å². The molecule has 2 aromatic rings. The summed E-state index contributed by atoms with van der Waals surface area (Å²) in [6.45, 7) is 4.03. The molecule has 1 N–H and O–H groups in total. The predicted octanol–water partition coefficient (Wildman–Crippen LogP) is 2.95. The molecule has 27 heavy (non-hydrogen) atoms. The second kappa shape index (κ2) is 9.74. The second-order valence-electron chi connectivity index (χ2n) is 6.69. The molecule has 0 atom stereocenters. The van der Waals surface area contributed by atoms with Crippen LogP contribution in [0, 0.1) is 0 Å². The minimum Gasteiger partial charge on any atom is -0.491 e. The van der Waals surface area contributed by atoms with E-state index in [2.05, 4.69) is 4.90 Å². The van der Waals surface area contributed by atoms with Gasteiger partial charge in [0.2, 0.25) is 5.91 Å². The molecule has 0 saturated carbocycles. The highest BCUT2D eigenvalue weighted by molar-refractivity contribution is 6.30. The number of amides is 1. The van der Waals surface area contributed by atoms with Crippen LogP contribution in [0.2, 0.25) is 5.02 Å². The van der Waals surface area contributed by atoms with Gasteiger partial charge in [0.25, 0.3) is 0 Å². The molecule has 2 aromatic carbocycles. The number of aliphatic hydroxyl groups is 1. The number of benzene rings is 2. The van der Waals surface area contributed by atoms with Crippen LogP contribution in [0.4, 0.5) is 0 Å². The molecule has 1 fully saturated rings. The summed E-state index contributed by atoms with van der Waals surface area (Å²) in [5.74, 6) is 0.941. The molecule has 1 saturated heterocycles. The van der Waals surface area contributed by atoms with Crippen molar-refractivity contribution in [2.24, 2.45) is 0 Å². The number of aliphatic hydroxyl groups excluding tert-OH is 1. The first-order valence-corrected chi connectivity index (χ1v) is 9.59. The molecular weight excluding hydrogens is 364 g/mol. The van der Waals surface area contributed by atoms with Crippen molar-refractivity contribution in [3.63, 3.8) is 0 Å². The predicted molar refractivity (Wildman–Crippen MR) is 106 cm³/mol. The van der Waals surface area contributed by atoms with E-state index in [4.69, 9.17) is 21.4 Å². The summed E-state index contributed by atoms with van der Waals surface area (Å²) < 4.78 is 5.39.